The minimum atomic E-state index is -0.536. The van der Waals surface area contributed by atoms with E-state index < -0.39 is 11.6 Å². The van der Waals surface area contributed by atoms with Crippen LogP contribution in [0.4, 0.5) is 8.78 Å². The van der Waals surface area contributed by atoms with Crippen LogP contribution in [0.2, 0.25) is 0 Å². The van der Waals surface area contributed by atoms with Gasteiger partial charge in [-0.15, -0.1) is 0 Å². The Morgan fingerprint density at radius 1 is 1.33 bits per heavy atom. The smallest absolute Gasteiger partial charge is 0.129 e. The quantitative estimate of drug-likeness (QED) is 0.799. The fraction of sp³-hybridized carbons (Fsp3) is 0.467. The topological polar surface area (TPSA) is 26.0 Å². The number of nitrogens with two attached hydrogens (primary N) is 1. The summed E-state index contributed by atoms with van der Waals surface area (Å²) in [4.78, 5) is 0. The van der Waals surface area contributed by atoms with E-state index in [2.05, 4.69) is 13.8 Å². The Kier molecular flexibility index (Phi) is 3.53. The number of benzene rings is 1. The maximum absolute atomic E-state index is 13.6. The van der Waals surface area contributed by atoms with Crippen LogP contribution in [0, 0.1) is 17.0 Å². The molecule has 1 aromatic carbocycles. The monoisotopic (exact) mass is 251 g/mol. The SMILES string of the molecule is CC1(C)CC(Cc2ccc(F)cc2F)=CC(N)C1. The van der Waals surface area contributed by atoms with Gasteiger partial charge in [0, 0.05) is 12.1 Å². The molecule has 0 saturated heterocycles. The molecule has 0 radical (unpaired) electrons. The highest BCUT2D eigenvalue weighted by Crippen LogP contribution is 2.36. The van der Waals surface area contributed by atoms with Gasteiger partial charge in [-0.3, -0.25) is 0 Å². The van der Waals surface area contributed by atoms with Gasteiger partial charge in [0.05, 0.1) is 0 Å². The lowest BCUT2D eigenvalue weighted by molar-refractivity contribution is 0.299. The van der Waals surface area contributed by atoms with Crippen molar-refractivity contribution in [2.75, 3.05) is 0 Å². The predicted octanol–water partition coefficient (Wildman–Crippen LogP) is 3.58. The minimum absolute atomic E-state index is 0.0345. The van der Waals surface area contributed by atoms with Crippen LogP contribution in [-0.4, -0.2) is 6.04 Å². The zero-order valence-electron chi connectivity index (χ0n) is 10.8. The molecule has 0 amide bonds. The molecule has 1 atom stereocenters. The summed E-state index contributed by atoms with van der Waals surface area (Å²) in [6.07, 6.45) is 4.40. The molecular formula is C15H19F2N. The summed E-state index contributed by atoms with van der Waals surface area (Å²) < 4.78 is 26.4. The Morgan fingerprint density at radius 2 is 2.06 bits per heavy atom. The minimum Gasteiger partial charge on any atom is -0.324 e. The fourth-order valence-electron chi connectivity index (χ4n) is 2.78. The average Bonchev–Trinajstić information content (AvgIpc) is 2.19. The summed E-state index contributed by atoms with van der Waals surface area (Å²) in [7, 11) is 0. The van der Waals surface area contributed by atoms with Crippen molar-refractivity contribution in [1.29, 1.82) is 0 Å². The van der Waals surface area contributed by atoms with Crippen molar-refractivity contribution in [2.24, 2.45) is 11.1 Å². The second kappa shape index (κ2) is 4.81. The summed E-state index contributed by atoms with van der Waals surface area (Å²) in [5.41, 5.74) is 7.82. The van der Waals surface area contributed by atoms with Crippen molar-refractivity contribution in [1.82, 2.24) is 0 Å². The third-order valence-corrected chi connectivity index (χ3v) is 3.38. The molecular weight excluding hydrogens is 232 g/mol. The van der Waals surface area contributed by atoms with E-state index in [4.69, 9.17) is 5.73 Å². The molecule has 0 fully saturated rings. The van der Waals surface area contributed by atoms with Crippen LogP contribution in [-0.2, 0) is 6.42 Å². The molecule has 18 heavy (non-hydrogen) atoms. The van der Waals surface area contributed by atoms with Crippen LogP contribution < -0.4 is 5.73 Å². The normalized spacial score (nSPS) is 22.7. The van der Waals surface area contributed by atoms with Gasteiger partial charge in [0.2, 0.25) is 0 Å². The van der Waals surface area contributed by atoms with Gasteiger partial charge in [0.15, 0.2) is 0 Å². The molecule has 1 unspecified atom stereocenters. The molecule has 3 heteroatoms. The van der Waals surface area contributed by atoms with Crippen LogP contribution >= 0.6 is 0 Å². The van der Waals surface area contributed by atoms with E-state index in [0.29, 0.717) is 12.0 Å². The van der Waals surface area contributed by atoms with Gasteiger partial charge in [-0.2, -0.15) is 0 Å². The van der Waals surface area contributed by atoms with Crippen molar-refractivity contribution in [3.8, 4) is 0 Å². The Labute approximate surface area is 107 Å². The van der Waals surface area contributed by atoms with Gasteiger partial charge in [-0.1, -0.05) is 31.6 Å². The van der Waals surface area contributed by atoms with Gasteiger partial charge >= 0.3 is 0 Å². The highest BCUT2D eigenvalue weighted by atomic mass is 19.1. The molecule has 0 spiro atoms. The van der Waals surface area contributed by atoms with Gasteiger partial charge in [-0.25, -0.2) is 8.78 Å². The lowest BCUT2D eigenvalue weighted by Crippen LogP contribution is -2.31. The van der Waals surface area contributed by atoms with Gasteiger partial charge in [0.25, 0.3) is 0 Å². The van der Waals surface area contributed by atoms with Gasteiger partial charge in [0.1, 0.15) is 11.6 Å². The summed E-state index contributed by atoms with van der Waals surface area (Å²) in [5.74, 6) is -1.02. The first-order chi connectivity index (χ1) is 8.35. The molecule has 1 aliphatic rings. The molecule has 0 aliphatic heterocycles. The van der Waals surface area contributed by atoms with E-state index >= 15 is 0 Å². The van der Waals surface area contributed by atoms with E-state index in [1.807, 2.05) is 6.08 Å². The number of hydrogen-bond donors (Lipinski definition) is 1. The molecule has 1 aliphatic carbocycles. The van der Waals surface area contributed by atoms with E-state index in [1.165, 1.54) is 12.1 Å². The summed E-state index contributed by atoms with van der Waals surface area (Å²) in [6, 6.07) is 3.78. The third-order valence-electron chi connectivity index (χ3n) is 3.38. The third kappa shape index (κ3) is 3.16. The molecule has 0 aromatic heterocycles. The Morgan fingerprint density at radius 3 is 2.67 bits per heavy atom. The first-order valence-corrected chi connectivity index (χ1v) is 6.25. The largest absolute Gasteiger partial charge is 0.324 e. The van der Waals surface area contributed by atoms with E-state index in [9.17, 15) is 8.78 Å². The Hall–Kier alpha value is -1.22. The van der Waals surface area contributed by atoms with Crippen LogP contribution in [0.1, 0.15) is 32.3 Å². The molecule has 2 N–H and O–H groups in total. The molecule has 1 aromatic rings. The van der Waals surface area contributed by atoms with Crippen LogP contribution in [0.25, 0.3) is 0 Å². The first kappa shape index (κ1) is 13.2. The number of rotatable bonds is 2. The summed E-state index contributed by atoms with van der Waals surface area (Å²) in [6.45, 7) is 4.34. The Bertz CT molecular complexity index is 477. The molecule has 1 nitrogen and oxygen atoms in total. The number of halogens is 2. The van der Waals surface area contributed by atoms with Crippen molar-refractivity contribution >= 4 is 0 Å². The van der Waals surface area contributed by atoms with Gasteiger partial charge in [-0.05, 0) is 36.3 Å². The zero-order chi connectivity index (χ0) is 13.3. The van der Waals surface area contributed by atoms with E-state index in [0.717, 1.165) is 24.5 Å². The highest BCUT2D eigenvalue weighted by molar-refractivity contribution is 5.27. The van der Waals surface area contributed by atoms with Crippen LogP contribution in [0.5, 0.6) is 0 Å². The van der Waals surface area contributed by atoms with Crippen LogP contribution in [0.15, 0.2) is 29.8 Å². The predicted molar refractivity (Wildman–Crippen MR) is 69.1 cm³/mol. The number of hydrogen-bond acceptors (Lipinski definition) is 1. The molecule has 2 rings (SSSR count). The van der Waals surface area contributed by atoms with Crippen LogP contribution in [0.3, 0.4) is 0 Å². The second-order valence-corrected chi connectivity index (χ2v) is 5.95. The number of allylic oxidation sites excluding steroid dienone is 1. The van der Waals surface area contributed by atoms with Crippen molar-refractivity contribution in [2.45, 2.75) is 39.2 Å². The lowest BCUT2D eigenvalue weighted by Gasteiger charge is -2.33. The van der Waals surface area contributed by atoms with Crippen molar-refractivity contribution in [3.05, 3.63) is 47.0 Å². The maximum atomic E-state index is 13.6. The molecule has 0 heterocycles. The molecule has 0 bridgehead atoms. The maximum Gasteiger partial charge on any atom is 0.129 e. The molecule has 0 saturated carbocycles. The lowest BCUT2D eigenvalue weighted by atomic mass is 9.74. The van der Waals surface area contributed by atoms with E-state index in [-0.39, 0.29) is 11.5 Å². The Balaban J connectivity index is 2.18. The molecule has 98 valence electrons. The zero-order valence-corrected chi connectivity index (χ0v) is 10.8. The standard InChI is InChI=1S/C15H19F2N/c1-15(2)8-10(6-13(18)9-15)5-11-3-4-12(16)7-14(11)17/h3-4,6-7,13H,5,8-9,18H2,1-2H3. The van der Waals surface area contributed by atoms with E-state index in [1.54, 1.807) is 0 Å². The second-order valence-electron chi connectivity index (χ2n) is 5.95. The summed E-state index contributed by atoms with van der Waals surface area (Å²) >= 11 is 0. The average molecular weight is 251 g/mol. The van der Waals surface area contributed by atoms with Crippen molar-refractivity contribution in [3.63, 3.8) is 0 Å². The summed E-state index contributed by atoms with van der Waals surface area (Å²) in [5, 5.41) is 0. The highest BCUT2D eigenvalue weighted by Gasteiger charge is 2.27. The van der Waals surface area contributed by atoms with Gasteiger partial charge < -0.3 is 5.73 Å². The fourth-order valence-corrected chi connectivity index (χ4v) is 2.78. The van der Waals surface area contributed by atoms with Crippen molar-refractivity contribution < 1.29 is 8.78 Å². The first-order valence-electron chi connectivity index (χ1n) is 6.25.